The lowest BCUT2D eigenvalue weighted by atomic mass is 9.97. The number of thioether (sulfide) groups is 1. The molecule has 1 N–H and O–H groups in total. The van der Waals surface area contributed by atoms with Crippen LogP contribution in [0.2, 0.25) is 5.02 Å². The van der Waals surface area contributed by atoms with Gasteiger partial charge in [0.05, 0.1) is 5.25 Å². The third-order valence-corrected chi connectivity index (χ3v) is 5.22. The highest BCUT2D eigenvalue weighted by Gasteiger charge is 2.17. The van der Waals surface area contributed by atoms with Crippen molar-refractivity contribution in [2.75, 3.05) is 5.32 Å². The highest BCUT2D eigenvalue weighted by molar-refractivity contribution is 8.00. The van der Waals surface area contributed by atoms with Crippen molar-refractivity contribution in [3.05, 3.63) is 59.1 Å². The zero-order valence-electron chi connectivity index (χ0n) is 13.7. The Hall–Kier alpha value is -1.45. The highest BCUT2D eigenvalue weighted by Crippen LogP contribution is 2.29. The van der Waals surface area contributed by atoms with Crippen LogP contribution in [-0.2, 0) is 4.79 Å². The molecule has 2 rings (SSSR count). The summed E-state index contributed by atoms with van der Waals surface area (Å²) in [6, 6.07) is 15.6. The van der Waals surface area contributed by atoms with Crippen LogP contribution in [0.15, 0.2) is 53.4 Å². The summed E-state index contributed by atoms with van der Waals surface area (Å²) in [5, 5.41) is 3.59. The average Bonchev–Trinajstić information content (AvgIpc) is 2.56. The van der Waals surface area contributed by atoms with Crippen molar-refractivity contribution in [2.24, 2.45) is 0 Å². The molecule has 0 aliphatic rings. The second-order valence-electron chi connectivity index (χ2n) is 5.60. The molecular formula is C19H22ClNOS. The van der Waals surface area contributed by atoms with E-state index in [1.165, 1.54) is 17.3 Å². The Kier molecular flexibility index (Phi) is 6.55. The van der Waals surface area contributed by atoms with Crippen LogP contribution in [-0.4, -0.2) is 11.2 Å². The first-order chi connectivity index (χ1) is 11.0. The zero-order chi connectivity index (χ0) is 16.8. The van der Waals surface area contributed by atoms with Crippen LogP contribution in [0, 0.1) is 0 Å². The molecule has 122 valence electrons. The number of hydrogen-bond donors (Lipinski definition) is 1. The standard InChI is InChI=1S/C19H22ClNOS/c1-4-13(2)17-7-5-6-8-18(17)21-19(22)14(3)23-16-11-9-15(20)10-12-16/h5-14H,4H2,1-3H3,(H,21,22)/t13-,14-/m0/s1. The van der Waals surface area contributed by atoms with Crippen LogP contribution < -0.4 is 5.32 Å². The molecule has 0 aliphatic carbocycles. The van der Waals surface area contributed by atoms with Crippen molar-refractivity contribution in [2.45, 2.75) is 43.3 Å². The van der Waals surface area contributed by atoms with E-state index in [1.54, 1.807) is 0 Å². The number of nitrogens with one attached hydrogen (secondary N) is 1. The SMILES string of the molecule is CC[C@H](C)c1ccccc1NC(=O)[C@H](C)Sc1ccc(Cl)cc1. The van der Waals surface area contributed by atoms with Crippen LogP contribution in [0.4, 0.5) is 5.69 Å². The quantitative estimate of drug-likeness (QED) is 0.652. The van der Waals surface area contributed by atoms with Crippen molar-refractivity contribution >= 4 is 35.0 Å². The lowest BCUT2D eigenvalue weighted by molar-refractivity contribution is -0.115. The van der Waals surface area contributed by atoms with Gasteiger partial charge < -0.3 is 5.32 Å². The maximum absolute atomic E-state index is 12.5. The largest absolute Gasteiger partial charge is 0.325 e. The Bertz CT molecular complexity index is 657. The van der Waals surface area contributed by atoms with Crippen LogP contribution in [0.5, 0.6) is 0 Å². The van der Waals surface area contributed by atoms with Gasteiger partial charge in [-0.1, -0.05) is 43.6 Å². The molecule has 0 fully saturated rings. The Morgan fingerprint density at radius 2 is 1.78 bits per heavy atom. The molecule has 2 aromatic rings. The predicted octanol–water partition coefficient (Wildman–Crippen LogP) is 5.97. The van der Waals surface area contributed by atoms with E-state index in [0.29, 0.717) is 10.9 Å². The van der Waals surface area contributed by atoms with E-state index in [0.717, 1.165) is 17.0 Å². The number of rotatable bonds is 6. The number of anilines is 1. The van der Waals surface area contributed by atoms with Crippen molar-refractivity contribution < 1.29 is 4.79 Å². The molecule has 0 spiro atoms. The molecule has 1 amide bonds. The highest BCUT2D eigenvalue weighted by atomic mass is 35.5. The number of carbonyl (C=O) groups is 1. The normalized spacial score (nSPS) is 13.4. The average molecular weight is 348 g/mol. The minimum Gasteiger partial charge on any atom is -0.325 e. The summed E-state index contributed by atoms with van der Waals surface area (Å²) in [6.07, 6.45) is 1.04. The fourth-order valence-corrected chi connectivity index (χ4v) is 3.26. The molecule has 2 atom stereocenters. The van der Waals surface area contributed by atoms with E-state index in [1.807, 2.05) is 49.4 Å². The number of benzene rings is 2. The molecule has 0 aliphatic heterocycles. The minimum absolute atomic E-state index is 0.0145. The molecule has 0 bridgehead atoms. The molecular weight excluding hydrogens is 326 g/mol. The number of hydrogen-bond acceptors (Lipinski definition) is 2. The van der Waals surface area contributed by atoms with E-state index in [-0.39, 0.29) is 11.2 Å². The summed E-state index contributed by atoms with van der Waals surface area (Å²) in [6.45, 7) is 6.25. The fourth-order valence-electron chi connectivity index (χ4n) is 2.27. The summed E-state index contributed by atoms with van der Waals surface area (Å²) in [5.41, 5.74) is 2.10. The van der Waals surface area contributed by atoms with Gasteiger partial charge in [0.15, 0.2) is 0 Å². The molecule has 2 aromatic carbocycles. The van der Waals surface area contributed by atoms with Gasteiger partial charge in [0, 0.05) is 15.6 Å². The van der Waals surface area contributed by atoms with Gasteiger partial charge in [-0.2, -0.15) is 0 Å². The number of para-hydroxylation sites is 1. The van der Waals surface area contributed by atoms with Crippen molar-refractivity contribution in [1.82, 2.24) is 0 Å². The van der Waals surface area contributed by atoms with Gasteiger partial charge in [0.25, 0.3) is 0 Å². The van der Waals surface area contributed by atoms with Gasteiger partial charge in [-0.05, 0) is 55.2 Å². The van der Waals surface area contributed by atoms with E-state index < -0.39 is 0 Å². The Morgan fingerprint density at radius 1 is 1.13 bits per heavy atom. The number of halogens is 1. The molecule has 4 heteroatoms. The number of carbonyl (C=O) groups excluding carboxylic acids is 1. The molecule has 0 saturated carbocycles. The van der Waals surface area contributed by atoms with Crippen LogP contribution in [0.25, 0.3) is 0 Å². The van der Waals surface area contributed by atoms with Crippen LogP contribution in [0.1, 0.15) is 38.7 Å². The van der Waals surface area contributed by atoms with Gasteiger partial charge in [-0.3, -0.25) is 4.79 Å². The zero-order valence-corrected chi connectivity index (χ0v) is 15.2. The summed E-state index contributed by atoms with van der Waals surface area (Å²) >= 11 is 7.42. The second kappa shape index (κ2) is 8.42. The minimum atomic E-state index is -0.179. The third-order valence-electron chi connectivity index (χ3n) is 3.86. The number of amides is 1. The topological polar surface area (TPSA) is 29.1 Å². The molecule has 0 saturated heterocycles. The third kappa shape index (κ3) is 5.02. The van der Waals surface area contributed by atoms with Gasteiger partial charge in [-0.25, -0.2) is 0 Å². The van der Waals surface area contributed by atoms with E-state index in [9.17, 15) is 4.79 Å². The maximum atomic E-state index is 12.5. The summed E-state index contributed by atoms with van der Waals surface area (Å²) in [4.78, 5) is 13.5. The Morgan fingerprint density at radius 3 is 2.43 bits per heavy atom. The van der Waals surface area contributed by atoms with Crippen LogP contribution >= 0.6 is 23.4 Å². The Balaban J connectivity index is 2.05. The lowest BCUT2D eigenvalue weighted by Gasteiger charge is -2.17. The van der Waals surface area contributed by atoms with Crippen molar-refractivity contribution in [3.63, 3.8) is 0 Å². The molecule has 23 heavy (non-hydrogen) atoms. The first-order valence-electron chi connectivity index (χ1n) is 7.83. The monoisotopic (exact) mass is 347 g/mol. The predicted molar refractivity (Wildman–Crippen MR) is 101 cm³/mol. The van der Waals surface area contributed by atoms with E-state index >= 15 is 0 Å². The lowest BCUT2D eigenvalue weighted by Crippen LogP contribution is -2.23. The maximum Gasteiger partial charge on any atom is 0.237 e. The smallest absolute Gasteiger partial charge is 0.237 e. The second-order valence-corrected chi connectivity index (χ2v) is 7.45. The molecule has 0 heterocycles. The Labute approximate surface area is 147 Å². The van der Waals surface area contributed by atoms with Crippen molar-refractivity contribution in [1.29, 1.82) is 0 Å². The molecule has 0 aromatic heterocycles. The summed E-state index contributed by atoms with van der Waals surface area (Å²) in [7, 11) is 0. The van der Waals surface area contributed by atoms with Gasteiger partial charge >= 0.3 is 0 Å². The molecule has 0 unspecified atom stereocenters. The molecule has 2 nitrogen and oxygen atoms in total. The first-order valence-corrected chi connectivity index (χ1v) is 9.09. The van der Waals surface area contributed by atoms with E-state index in [2.05, 4.69) is 25.2 Å². The van der Waals surface area contributed by atoms with Crippen molar-refractivity contribution in [3.8, 4) is 0 Å². The van der Waals surface area contributed by atoms with Crippen LogP contribution in [0.3, 0.4) is 0 Å². The van der Waals surface area contributed by atoms with Gasteiger partial charge in [0.1, 0.15) is 0 Å². The first kappa shape index (κ1) is 17.9. The van der Waals surface area contributed by atoms with Gasteiger partial charge in [-0.15, -0.1) is 11.8 Å². The molecule has 0 radical (unpaired) electrons. The summed E-state index contributed by atoms with van der Waals surface area (Å²) < 4.78 is 0. The summed E-state index contributed by atoms with van der Waals surface area (Å²) in [5.74, 6) is 0.437. The van der Waals surface area contributed by atoms with Gasteiger partial charge in [0.2, 0.25) is 5.91 Å². The van der Waals surface area contributed by atoms with E-state index in [4.69, 9.17) is 11.6 Å². The fraction of sp³-hybridized carbons (Fsp3) is 0.316.